The molecule has 4 heterocycles. The van der Waals surface area contributed by atoms with Gasteiger partial charge in [0.05, 0.1) is 12.1 Å². The summed E-state index contributed by atoms with van der Waals surface area (Å²) in [5.74, 6) is 1.97. The van der Waals surface area contributed by atoms with Crippen molar-refractivity contribution in [2.24, 2.45) is 0 Å². The molecule has 2 fully saturated rings. The molecule has 7 heteroatoms. The van der Waals surface area contributed by atoms with Crippen LogP contribution in [0.2, 0.25) is 0 Å². The summed E-state index contributed by atoms with van der Waals surface area (Å²) in [5.41, 5.74) is 1.75. The van der Waals surface area contributed by atoms with Crippen molar-refractivity contribution in [2.45, 2.75) is 26.3 Å². The van der Waals surface area contributed by atoms with Gasteiger partial charge in [-0.3, -0.25) is 9.69 Å². The molecule has 7 nitrogen and oxygen atoms in total. The third kappa shape index (κ3) is 3.31. The van der Waals surface area contributed by atoms with E-state index in [0.29, 0.717) is 12.5 Å². The number of piperazine rings is 1. The number of hydrogen-bond acceptors (Lipinski definition) is 6. The molecular formula is C19H25N5O2. The van der Waals surface area contributed by atoms with Gasteiger partial charge in [-0.25, -0.2) is 4.98 Å². The number of carbonyl (C=O) groups is 1. The lowest BCUT2D eigenvalue weighted by Crippen LogP contribution is -2.64. The Hall–Kier alpha value is -2.41. The Morgan fingerprint density at radius 1 is 1.19 bits per heavy atom. The molecule has 26 heavy (non-hydrogen) atoms. The number of aromatic nitrogens is 2. The second-order valence-electron chi connectivity index (χ2n) is 7.14. The summed E-state index contributed by atoms with van der Waals surface area (Å²) >= 11 is 0. The van der Waals surface area contributed by atoms with Crippen molar-refractivity contribution < 1.29 is 9.32 Å². The molecule has 0 saturated carbocycles. The van der Waals surface area contributed by atoms with Crippen molar-refractivity contribution in [1.82, 2.24) is 19.9 Å². The van der Waals surface area contributed by atoms with Crippen LogP contribution in [0, 0.1) is 13.8 Å². The fourth-order valence-corrected chi connectivity index (χ4v) is 3.76. The lowest BCUT2D eigenvalue weighted by atomic mass is 10.0. The minimum absolute atomic E-state index is 0.169. The monoisotopic (exact) mass is 355 g/mol. The summed E-state index contributed by atoms with van der Waals surface area (Å²) in [5, 5.41) is 3.93. The molecule has 0 atom stereocenters. The molecule has 2 saturated heterocycles. The predicted molar refractivity (Wildman–Crippen MR) is 98.1 cm³/mol. The van der Waals surface area contributed by atoms with Crippen LogP contribution in [0.15, 0.2) is 28.9 Å². The minimum atomic E-state index is 0.169. The average molecular weight is 355 g/mol. The van der Waals surface area contributed by atoms with Crippen molar-refractivity contribution in [1.29, 1.82) is 0 Å². The number of pyridine rings is 1. The van der Waals surface area contributed by atoms with Crippen LogP contribution in [-0.4, -0.2) is 71.2 Å². The van der Waals surface area contributed by atoms with Crippen LogP contribution in [0.5, 0.6) is 0 Å². The van der Waals surface area contributed by atoms with E-state index < -0.39 is 0 Å². The zero-order chi connectivity index (χ0) is 18.1. The second kappa shape index (κ2) is 7.07. The third-order valence-corrected chi connectivity index (χ3v) is 5.53. The van der Waals surface area contributed by atoms with Crippen molar-refractivity contribution >= 4 is 11.7 Å². The molecule has 0 N–H and O–H groups in total. The van der Waals surface area contributed by atoms with E-state index in [1.54, 1.807) is 0 Å². The van der Waals surface area contributed by atoms with Gasteiger partial charge < -0.3 is 14.3 Å². The van der Waals surface area contributed by atoms with E-state index in [4.69, 9.17) is 4.52 Å². The first-order valence-electron chi connectivity index (χ1n) is 9.21. The van der Waals surface area contributed by atoms with Crippen LogP contribution >= 0.6 is 0 Å². The zero-order valence-corrected chi connectivity index (χ0v) is 15.4. The smallest absolute Gasteiger partial charge is 0.227 e. The zero-order valence-electron chi connectivity index (χ0n) is 15.4. The summed E-state index contributed by atoms with van der Waals surface area (Å²) in [6, 6.07) is 6.52. The van der Waals surface area contributed by atoms with Crippen LogP contribution in [0.1, 0.15) is 17.0 Å². The summed E-state index contributed by atoms with van der Waals surface area (Å²) in [7, 11) is 0. The van der Waals surface area contributed by atoms with Gasteiger partial charge in [0.1, 0.15) is 11.6 Å². The van der Waals surface area contributed by atoms with E-state index in [2.05, 4.69) is 26.0 Å². The number of hydrogen-bond donors (Lipinski definition) is 0. The largest absolute Gasteiger partial charge is 0.361 e. The Kier molecular flexibility index (Phi) is 4.63. The first kappa shape index (κ1) is 17.0. The maximum atomic E-state index is 12.5. The summed E-state index contributed by atoms with van der Waals surface area (Å²) in [4.78, 5) is 23.7. The molecule has 2 aliphatic rings. The standard InChI is InChI=1S/C19H25N5O2/c1-14-17(15(2)26-21-14)11-19(25)24-12-16(13-24)22-7-9-23(10-8-22)18-5-3-4-6-20-18/h3-6,16H,7-13H2,1-2H3. The molecule has 0 bridgehead atoms. The Morgan fingerprint density at radius 2 is 1.96 bits per heavy atom. The van der Waals surface area contributed by atoms with Gasteiger partial charge >= 0.3 is 0 Å². The molecule has 0 aliphatic carbocycles. The quantitative estimate of drug-likeness (QED) is 0.823. The van der Waals surface area contributed by atoms with E-state index in [1.165, 1.54) is 0 Å². The SMILES string of the molecule is Cc1noc(C)c1CC(=O)N1CC(N2CCN(c3ccccn3)CC2)C1. The topological polar surface area (TPSA) is 65.7 Å². The highest BCUT2D eigenvalue weighted by Crippen LogP contribution is 2.21. The average Bonchev–Trinajstić information content (AvgIpc) is 2.94. The van der Waals surface area contributed by atoms with E-state index >= 15 is 0 Å². The first-order chi connectivity index (χ1) is 12.6. The molecule has 4 rings (SSSR count). The minimum Gasteiger partial charge on any atom is -0.361 e. The van der Waals surface area contributed by atoms with Gasteiger partial charge in [0, 0.05) is 57.1 Å². The van der Waals surface area contributed by atoms with Crippen LogP contribution in [-0.2, 0) is 11.2 Å². The molecule has 2 aromatic rings. The van der Waals surface area contributed by atoms with Gasteiger partial charge in [0.15, 0.2) is 0 Å². The van der Waals surface area contributed by atoms with Gasteiger partial charge in [-0.15, -0.1) is 0 Å². The second-order valence-corrected chi connectivity index (χ2v) is 7.14. The van der Waals surface area contributed by atoms with Gasteiger partial charge in [0.2, 0.25) is 5.91 Å². The number of amides is 1. The highest BCUT2D eigenvalue weighted by molar-refractivity contribution is 5.80. The van der Waals surface area contributed by atoms with Crippen LogP contribution < -0.4 is 4.90 Å². The van der Waals surface area contributed by atoms with Crippen molar-refractivity contribution in [3.8, 4) is 0 Å². The molecular weight excluding hydrogens is 330 g/mol. The summed E-state index contributed by atoms with van der Waals surface area (Å²) in [6.45, 7) is 9.42. The fourth-order valence-electron chi connectivity index (χ4n) is 3.76. The molecule has 0 unspecified atom stereocenters. The van der Waals surface area contributed by atoms with Crippen LogP contribution in [0.4, 0.5) is 5.82 Å². The first-order valence-corrected chi connectivity index (χ1v) is 9.21. The van der Waals surface area contributed by atoms with E-state index in [1.807, 2.05) is 37.1 Å². The van der Waals surface area contributed by atoms with Gasteiger partial charge in [-0.2, -0.15) is 0 Å². The molecule has 0 radical (unpaired) electrons. The normalized spacial score (nSPS) is 18.8. The lowest BCUT2D eigenvalue weighted by Gasteiger charge is -2.48. The Labute approximate surface area is 153 Å². The summed E-state index contributed by atoms with van der Waals surface area (Å²) < 4.78 is 5.15. The van der Waals surface area contributed by atoms with Gasteiger partial charge in [-0.1, -0.05) is 11.2 Å². The maximum absolute atomic E-state index is 12.5. The van der Waals surface area contributed by atoms with Crippen LogP contribution in [0.3, 0.4) is 0 Å². The number of carbonyl (C=O) groups excluding carboxylic acids is 1. The molecule has 138 valence electrons. The van der Waals surface area contributed by atoms with E-state index in [0.717, 1.165) is 62.1 Å². The third-order valence-electron chi connectivity index (χ3n) is 5.53. The van der Waals surface area contributed by atoms with Crippen molar-refractivity contribution in [2.75, 3.05) is 44.2 Å². The van der Waals surface area contributed by atoms with Crippen molar-refractivity contribution in [3.05, 3.63) is 41.4 Å². The molecule has 1 amide bonds. The molecule has 2 aliphatic heterocycles. The Morgan fingerprint density at radius 3 is 2.58 bits per heavy atom. The maximum Gasteiger partial charge on any atom is 0.227 e. The van der Waals surface area contributed by atoms with Gasteiger partial charge in [-0.05, 0) is 26.0 Å². The number of aryl methyl sites for hydroxylation is 2. The highest BCUT2D eigenvalue weighted by Gasteiger charge is 2.36. The number of likely N-dealkylation sites (tertiary alicyclic amines) is 1. The lowest BCUT2D eigenvalue weighted by molar-refractivity contribution is -0.138. The molecule has 2 aromatic heterocycles. The molecule has 0 spiro atoms. The molecule has 0 aromatic carbocycles. The van der Waals surface area contributed by atoms with Gasteiger partial charge in [0.25, 0.3) is 0 Å². The number of rotatable bonds is 4. The summed E-state index contributed by atoms with van der Waals surface area (Å²) in [6.07, 6.45) is 2.23. The highest BCUT2D eigenvalue weighted by atomic mass is 16.5. The van der Waals surface area contributed by atoms with E-state index in [-0.39, 0.29) is 5.91 Å². The predicted octanol–water partition coefficient (Wildman–Crippen LogP) is 1.26. The number of anilines is 1. The fraction of sp³-hybridized carbons (Fsp3) is 0.526. The van der Waals surface area contributed by atoms with E-state index in [9.17, 15) is 4.79 Å². The van der Waals surface area contributed by atoms with Crippen LogP contribution in [0.25, 0.3) is 0 Å². The Balaban J connectivity index is 1.25. The Bertz CT molecular complexity index is 742. The van der Waals surface area contributed by atoms with Crippen molar-refractivity contribution in [3.63, 3.8) is 0 Å². The number of nitrogens with zero attached hydrogens (tertiary/aromatic N) is 5.